The van der Waals surface area contributed by atoms with Crippen LogP contribution in [0.2, 0.25) is 0 Å². The maximum Gasteiger partial charge on any atom is 0.339 e. The number of ether oxygens (including phenoxy) is 1. The predicted molar refractivity (Wildman–Crippen MR) is 117 cm³/mol. The number of oxime groups is 1. The second-order valence-electron chi connectivity index (χ2n) is 6.65. The van der Waals surface area contributed by atoms with Crippen LogP contribution in [-0.4, -0.2) is 26.7 Å². The van der Waals surface area contributed by atoms with E-state index in [-0.39, 0.29) is 22.1 Å². The molecule has 0 fully saturated rings. The average molecular weight is 456 g/mol. The third-order valence-electron chi connectivity index (χ3n) is 4.40. The van der Waals surface area contributed by atoms with Gasteiger partial charge in [-0.25, -0.2) is 0 Å². The van der Waals surface area contributed by atoms with Crippen molar-refractivity contribution < 1.29 is 27.1 Å². The Morgan fingerprint density at radius 3 is 2.47 bits per heavy atom. The second kappa shape index (κ2) is 9.92. The Hall–Kier alpha value is -3.92. The molecule has 0 radical (unpaired) electrons. The van der Waals surface area contributed by atoms with Crippen LogP contribution in [0.3, 0.4) is 0 Å². The molecule has 0 atom stereocenters. The van der Waals surface area contributed by atoms with E-state index in [4.69, 9.17) is 13.8 Å². The number of benzene rings is 3. The van der Waals surface area contributed by atoms with E-state index in [0.29, 0.717) is 17.7 Å². The number of nitro benzene ring substituents is 1. The SMILES string of the molecule is COc1cc(/C=N/OCc2ccccc2)ccc1OS(=O)(=O)c1ccc(C)c([N+](=O)[O-])c1. The van der Waals surface area contributed by atoms with Gasteiger partial charge in [-0.2, -0.15) is 8.42 Å². The van der Waals surface area contributed by atoms with Crippen molar-refractivity contribution in [2.24, 2.45) is 5.16 Å². The molecule has 166 valence electrons. The Morgan fingerprint density at radius 1 is 1.03 bits per heavy atom. The van der Waals surface area contributed by atoms with Crippen LogP contribution in [0.15, 0.2) is 76.8 Å². The Labute approximate surface area is 185 Å². The van der Waals surface area contributed by atoms with Gasteiger partial charge in [-0.3, -0.25) is 10.1 Å². The first-order valence-corrected chi connectivity index (χ1v) is 10.8. The highest BCUT2D eigenvalue weighted by atomic mass is 32.2. The van der Waals surface area contributed by atoms with E-state index < -0.39 is 15.0 Å². The predicted octanol–water partition coefficient (Wildman–Crippen LogP) is 4.23. The van der Waals surface area contributed by atoms with E-state index in [2.05, 4.69) is 5.16 Å². The van der Waals surface area contributed by atoms with Crippen LogP contribution in [0.1, 0.15) is 16.7 Å². The normalized spacial score (nSPS) is 11.3. The molecule has 3 aromatic carbocycles. The highest BCUT2D eigenvalue weighted by Crippen LogP contribution is 2.31. The lowest BCUT2D eigenvalue weighted by atomic mass is 10.2. The van der Waals surface area contributed by atoms with Crippen LogP contribution in [0.25, 0.3) is 0 Å². The van der Waals surface area contributed by atoms with E-state index in [1.54, 1.807) is 6.07 Å². The van der Waals surface area contributed by atoms with Crippen molar-refractivity contribution in [3.05, 3.63) is 93.5 Å². The van der Waals surface area contributed by atoms with Crippen molar-refractivity contribution in [2.75, 3.05) is 7.11 Å². The van der Waals surface area contributed by atoms with E-state index in [0.717, 1.165) is 11.6 Å². The van der Waals surface area contributed by atoms with Crippen molar-refractivity contribution >= 4 is 22.0 Å². The Kier molecular flexibility index (Phi) is 7.06. The summed E-state index contributed by atoms with van der Waals surface area (Å²) in [7, 11) is -2.97. The summed E-state index contributed by atoms with van der Waals surface area (Å²) in [5.74, 6) is 0.0697. The van der Waals surface area contributed by atoms with Crippen molar-refractivity contribution in [3.8, 4) is 11.5 Å². The summed E-state index contributed by atoms with van der Waals surface area (Å²) >= 11 is 0. The lowest BCUT2D eigenvalue weighted by Crippen LogP contribution is -2.11. The third-order valence-corrected chi connectivity index (χ3v) is 5.63. The van der Waals surface area contributed by atoms with Crippen LogP contribution >= 0.6 is 0 Å². The minimum atomic E-state index is -4.33. The van der Waals surface area contributed by atoms with Crippen LogP contribution < -0.4 is 8.92 Å². The summed E-state index contributed by atoms with van der Waals surface area (Å²) < 4.78 is 35.7. The summed E-state index contributed by atoms with van der Waals surface area (Å²) in [6.07, 6.45) is 1.45. The van der Waals surface area contributed by atoms with Crippen molar-refractivity contribution in [1.29, 1.82) is 0 Å². The molecule has 0 spiro atoms. The molecule has 0 heterocycles. The number of hydrogen-bond donors (Lipinski definition) is 0. The number of aryl methyl sites for hydroxylation is 1. The number of methoxy groups -OCH3 is 1. The minimum absolute atomic E-state index is 0.0712. The number of nitrogens with zero attached hydrogens (tertiary/aromatic N) is 2. The van der Waals surface area contributed by atoms with E-state index in [1.165, 1.54) is 44.5 Å². The highest BCUT2D eigenvalue weighted by molar-refractivity contribution is 7.87. The van der Waals surface area contributed by atoms with Crippen LogP contribution in [0, 0.1) is 17.0 Å². The second-order valence-corrected chi connectivity index (χ2v) is 8.19. The van der Waals surface area contributed by atoms with Gasteiger partial charge in [-0.1, -0.05) is 41.6 Å². The summed E-state index contributed by atoms with van der Waals surface area (Å²) in [4.78, 5) is 15.4. The van der Waals surface area contributed by atoms with Gasteiger partial charge in [0.15, 0.2) is 11.5 Å². The molecule has 9 nitrogen and oxygen atoms in total. The van der Waals surface area contributed by atoms with E-state index >= 15 is 0 Å². The van der Waals surface area contributed by atoms with Gasteiger partial charge in [0.05, 0.1) is 18.2 Å². The van der Waals surface area contributed by atoms with E-state index in [1.807, 2.05) is 30.3 Å². The maximum absolute atomic E-state index is 12.6. The smallest absolute Gasteiger partial charge is 0.339 e. The Morgan fingerprint density at radius 2 is 1.78 bits per heavy atom. The summed E-state index contributed by atoms with van der Waals surface area (Å²) in [6.45, 7) is 1.82. The summed E-state index contributed by atoms with van der Waals surface area (Å²) in [5.41, 5.74) is 1.58. The standard InChI is InChI=1S/C22H20N2O7S/c1-16-8-10-19(13-20(16)24(25)26)32(27,28)31-21-11-9-18(12-22(21)29-2)14-23-30-15-17-6-4-3-5-7-17/h3-14H,15H2,1-2H3/b23-14+. The molecule has 0 aliphatic rings. The van der Waals surface area contributed by atoms with Gasteiger partial charge in [0.1, 0.15) is 11.5 Å². The first kappa shape index (κ1) is 22.8. The first-order valence-electron chi connectivity index (χ1n) is 9.37. The van der Waals surface area contributed by atoms with Gasteiger partial charge in [-0.05, 0) is 36.8 Å². The molecule has 0 N–H and O–H groups in total. The zero-order valence-corrected chi connectivity index (χ0v) is 18.1. The van der Waals surface area contributed by atoms with Crippen LogP contribution in [-0.2, 0) is 21.6 Å². The zero-order valence-electron chi connectivity index (χ0n) is 17.3. The van der Waals surface area contributed by atoms with Crippen LogP contribution in [0.4, 0.5) is 5.69 Å². The van der Waals surface area contributed by atoms with Crippen molar-refractivity contribution in [1.82, 2.24) is 0 Å². The molecular formula is C22H20N2O7S. The van der Waals surface area contributed by atoms with E-state index in [9.17, 15) is 18.5 Å². The molecule has 0 aromatic heterocycles. The monoisotopic (exact) mass is 456 g/mol. The van der Waals surface area contributed by atoms with Gasteiger partial charge < -0.3 is 13.8 Å². The first-order chi connectivity index (χ1) is 15.3. The van der Waals surface area contributed by atoms with Crippen molar-refractivity contribution in [3.63, 3.8) is 0 Å². The van der Waals surface area contributed by atoms with Gasteiger partial charge >= 0.3 is 10.1 Å². The fourth-order valence-electron chi connectivity index (χ4n) is 2.73. The van der Waals surface area contributed by atoms with Gasteiger partial charge in [0.2, 0.25) is 0 Å². The van der Waals surface area contributed by atoms with Crippen molar-refractivity contribution in [2.45, 2.75) is 18.4 Å². The lowest BCUT2D eigenvalue weighted by molar-refractivity contribution is -0.385. The zero-order chi connectivity index (χ0) is 23.1. The molecular weight excluding hydrogens is 436 g/mol. The topological polar surface area (TPSA) is 117 Å². The Balaban J connectivity index is 1.75. The molecule has 0 saturated carbocycles. The molecule has 3 aromatic rings. The number of rotatable bonds is 9. The third kappa shape index (κ3) is 5.61. The van der Waals surface area contributed by atoms with Gasteiger partial charge in [0, 0.05) is 17.2 Å². The molecule has 0 aliphatic heterocycles. The lowest BCUT2D eigenvalue weighted by Gasteiger charge is -2.11. The fraction of sp³-hybridized carbons (Fsp3) is 0.136. The summed E-state index contributed by atoms with van der Waals surface area (Å²) in [5, 5.41) is 15.0. The molecule has 0 unspecified atom stereocenters. The van der Waals surface area contributed by atoms with Crippen LogP contribution in [0.5, 0.6) is 11.5 Å². The summed E-state index contributed by atoms with van der Waals surface area (Å²) in [6, 6.07) is 17.6. The molecule has 0 amide bonds. The molecule has 0 bridgehead atoms. The minimum Gasteiger partial charge on any atom is -0.493 e. The average Bonchev–Trinajstić information content (AvgIpc) is 2.78. The molecule has 10 heteroatoms. The quantitative estimate of drug-likeness (QED) is 0.205. The highest BCUT2D eigenvalue weighted by Gasteiger charge is 2.23. The van der Waals surface area contributed by atoms with Gasteiger partial charge in [0.25, 0.3) is 5.69 Å². The molecule has 0 aliphatic carbocycles. The number of nitro groups is 1. The fourth-order valence-corrected chi connectivity index (χ4v) is 3.69. The maximum atomic E-state index is 12.6. The molecule has 3 rings (SSSR count). The van der Waals surface area contributed by atoms with Gasteiger partial charge in [-0.15, -0.1) is 0 Å². The molecule has 32 heavy (non-hydrogen) atoms. The Bertz CT molecular complexity index is 1240. The largest absolute Gasteiger partial charge is 0.493 e. The molecule has 0 saturated heterocycles. The number of hydrogen-bond acceptors (Lipinski definition) is 8.